The standard InChI is InChI=1S/C21H17FN4O2/c1-3-12-11-23-9-7-13(12)18-19(17-15(25-18)8-10-24-21(17)27)26-16-6-4-5-14(22)20(16)28-2/h1,4-7,9,11,25-26H,8,10H2,2H3,(H,24,27). The van der Waals surface area contributed by atoms with Crippen LogP contribution >= 0.6 is 0 Å². The smallest absolute Gasteiger partial charge is 0.255 e. The van der Waals surface area contributed by atoms with Crippen LogP contribution in [0.4, 0.5) is 15.8 Å². The number of nitrogens with zero attached hydrogens (tertiary/aromatic N) is 1. The second kappa shape index (κ2) is 7.08. The second-order valence-electron chi connectivity index (χ2n) is 6.25. The first-order valence-electron chi connectivity index (χ1n) is 8.67. The number of hydrogen-bond donors (Lipinski definition) is 3. The molecule has 4 rings (SSSR count). The van der Waals surface area contributed by atoms with Crippen LogP contribution in [0.3, 0.4) is 0 Å². The molecule has 0 unspecified atom stereocenters. The highest BCUT2D eigenvalue weighted by Gasteiger charge is 2.28. The van der Waals surface area contributed by atoms with Gasteiger partial charge in [-0.1, -0.05) is 12.0 Å². The van der Waals surface area contributed by atoms with Crippen LogP contribution in [-0.4, -0.2) is 29.5 Å². The molecule has 7 heteroatoms. The van der Waals surface area contributed by atoms with Crippen LogP contribution in [-0.2, 0) is 6.42 Å². The third kappa shape index (κ3) is 2.85. The molecule has 3 heterocycles. The zero-order valence-electron chi connectivity index (χ0n) is 15.1. The SMILES string of the molecule is C#Cc1cnccc1-c1[nH]c2c(c1Nc1cccc(F)c1OC)C(=O)NCC2. The van der Waals surface area contributed by atoms with Gasteiger partial charge in [0.1, 0.15) is 0 Å². The van der Waals surface area contributed by atoms with Crippen molar-refractivity contribution in [2.75, 3.05) is 19.0 Å². The summed E-state index contributed by atoms with van der Waals surface area (Å²) < 4.78 is 19.3. The second-order valence-corrected chi connectivity index (χ2v) is 6.25. The zero-order valence-corrected chi connectivity index (χ0v) is 15.1. The number of rotatable bonds is 4. The highest BCUT2D eigenvalue weighted by atomic mass is 19.1. The van der Waals surface area contributed by atoms with Crippen molar-refractivity contribution < 1.29 is 13.9 Å². The number of halogens is 1. The van der Waals surface area contributed by atoms with E-state index >= 15 is 0 Å². The first-order chi connectivity index (χ1) is 13.6. The number of H-pyrrole nitrogens is 1. The quantitative estimate of drug-likeness (QED) is 0.611. The number of aromatic nitrogens is 2. The lowest BCUT2D eigenvalue weighted by molar-refractivity contribution is 0.0947. The van der Waals surface area contributed by atoms with Crippen LogP contribution in [0.25, 0.3) is 11.3 Å². The lowest BCUT2D eigenvalue weighted by Gasteiger charge is -2.16. The lowest BCUT2D eigenvalue weighted by atomic mass is 10.0. The van der Waals surface area contributed by atoms with Gasteiger partial charge in [-0.15, -0.1) is 6.42 Å². The Labute approximate surface area is 161 Å². The van der Waals surface area contributed by atoms with E-state index in [0.717, 1.165) is 11.3 Å². The number of amides is 1. The van der Waals surface area contributed by atoms with E-state index in [1.54, 1.807) is 30.6 Å². The summed E-state index contributed by atoms with van der Waals surface area (Å²) in [5, 5.41) is 6.02. The van der Waals surface area contributed by atoms with Gasteiger partial charge in [-0.3, -0.25) is 9.78 Å². The Morgan fingerprint density at radius 1 is 1.36 bits per heavy atom. The molecule has 1 aliphatic heterocycles. The van der Waals surface area contributed by atoms with Crippen LogP contribution in [0.1, 0.15) is 21.6 Å². The summed E-state index contributed by atoms with van der Waals surface area (Å²) in [5.74, 6) is 1.96. The highest BCUT2D eigenvalue weighted by Crippen LogP contribution is 2.40. The number of ether oxygens (including phenoxy) is 1. The fourth-order valence-corrected chi connectivity index (χ4v) is 3.38. The lowest BCUT2D eigenvalue weighted by Crippen LogP contribution is -2.31. The number of methoxy groups -OCH3 is 1. The zero-order chi connectivity index (χ0) is 19.7. The van der Waals surface area contributed by atoms with Crippen molar-refractivity contribution in [3.05, 3.63) is 59.3 Å². The Bertz CT molecular complexity index is 1110. The van der Waals surface area contributed by atoms with Gasteiger partial charge in [0.15, 0.2) is 11.6 Å². The molecule has 140 valence electrons. The number of fused-ring (bicyclic) bond motifs is 1. The molecule has 0 saturated heterocycles. The maximum absolute atomic E-state index is 14.2. The summed E-state index contributed by atoms with van der Waals surface area (Å²) >= 11 is 0. The summed E-state index contributed by atoms with van der Waals surface area (Å²) in [4.78, 5) is 20.0. The van der Waals surface area contributed by atoms with Gasteiger partial charge in [0, 0.05) is 36.6 Å². The monoisotopic (exact) mass is 376 g/mol. The molecule has 2 aromatic heterocycles. The average Bonchev–Trinajstić information content (AvgIpc) is 3.07. The number of carbonyl (C=O) groups excluding carboxylic acids is 1. The Kier molecular flexibility index (Phi) is 4.45. The Morgan fingerprint density at radius 3 is 3.00 bits per heavy atom. The maximum Gasteiger partial charge on any atom is 0.255 e. The van der Waals surface area contributed by atoms with Crippen LogP contribution < -0.4 is 15.4 Å². The van der Waals surface area contributed by atoms with E-state index < -0.39 is 5.82 Å². The third-order valence-electron chi connectivity index (χ3n) is 4.64. The van der Waals surface area contributed by atoms with Gasteiger partial charge in [-0.25, -0.2) is 4.39 Å². The van der Waals surface area contributed by atoms with Gasteiger partial charge in [0.05, 0.1) is 35.3 Å². The van der Waals surface area contributed by atoms with Crippen molar-refractivity contribution in [1.29, 1.82) is 0 Å². The van der Waals surface area contributed by atoms with E-state index in [1.165, 1.54) is 13.2 Å². The van der Waals surface area contributed by atoms with Gasteiger partial charge in [-0.2, -0.15) is 0 Å². The molecule has 3 N–H and O–H groups in total. The molecule has 28 heavy (non-hydrogen) atoms. The molecule has 0 saturated carbocycles. The Balaban J connectivity index is 1.93. The van der Waals surface area contributed by atoms with Gasteiger partial charge >= 0.3 is 0 Å². The molecule has 6 nitrogen and oxygen atoms in total. The van der Waals surface area contributed by atoms with Crippen molar-refractivity contribution in [3.63, 3.8) is 0 Å². The van der Waals surface area contributed by atoms with E-state index in [1.807, 2.05) is 0 Å². The molecule has 1 amide bonds. The number of carbonyl (C=O) groups is 1. The molecule has 0 fully saturated rings. The Hall–Kier alpha value is -3.79. The molecule has 0 bridgehead atoms. The molecule has 1 aromatic carbocycles. The molecule has 3 aromatic rings. The first kappa shape index (κ1) is 17.6. The third-order valence-corrected chi connectivity index (χ3v) is 4.64. The molecule has 1 aliphatic rings. The summed E-state index contributed by atoms with van der Waals surface area (Å²) in [5.41, 5.74) is 4.12. The minimum absolute atomic E-state index is 0.0616. The van der Waals surface area contributed by atoms with Gasteiger partial charge in [0.25, 0.3) is 5.91 Å². The van der Waals surface area contributed by atoms with Gasteiger partial charge in [0.2, 0.25) is 0 Å². The van der Waals surface area contributed by atoms with Crippen LogP contribution in [0.5, 0.6) is 5.75 Å². The topological polar surface area (TPSA) is 79.0 Å². The van der Waals surface area contributed by atoms with Crippen molar-refractivity contribution in [3.8, 4) is 29.4 Å². The summed E-state index contributed by atoms with van der Waals surface area (Å²) in [6.45, 7) is 0.535. The summed E-state index contributed by atoms with van der Waals surface area (Å²) in [6, 6.07) is 6.33. The first-order valence-corrected chi connectivity index (χ1v) is 8.67. The molecular weight excluding hydrogens is 359 g/mol. The van der Waals surface area contributed by atoms with E-state index in [9.17, 15) is 9.18 Å². The number of anilines is 2. The van der Waals surface area contributed by atoms with Crippen LogP contribution in [0, 0.1) is 18.2 Å². The van der Waals surface area contributed by atoms with Gasteiger partial charge < -0.3 is 20.4 Å². The summed E-state index contributed by atoms with van der Waals surface area (Å²) in [7, 11) is 1.39. The van der Waals surface area contributed by atoms with Crippen molar-refractivity contribution >= 4 is 17.3 Å². The fourth-order valence-electron chi connectivity index (χ4n) is 3.38. The maximum atomic E-state index is 14.2. The van der Waals surface area contributed by atoms with Crippen molar-refractivity contribution in [2.24, 2.45) is 0 Å². The van der Waals surface area contributed by atoms with Crippen molar-refractivity contribution in [1.82, 2.24) is 15.3 Å². The average molecular weight is 376 g/mol. The number of nitrogens with one attached hydrogen (secondary N) is 3. The number of pyridine rings is 1. The van der Waals surface area contributed by atoms with Crippen LogP contribution in [0.15, 0.2) is 36.7 Å². The van der Waals surface area contributed by atoms with E-state index in [0.29, 0.717) is 41.2 Å². The van der Waals surface area contributed by atoms with E-state index in [4.69, 9.17) is 11.2 Å². The molecular formula is C21H17FN4O2. The minimum atomic E-state index is -0.504. The largest absolute Gasteiger partial charge is 0.492 e. The minimum Gasteiger partial charge on any atom is -0.492 e. The van der Waals surface area contributed by atoms with Crippen molar-refractivity contribution in [2.45, 2.75) is 6.42 Å². The predicted octanol–water partition coefficient (Wildman–Crippen LogP) is 3.24. The van der Waals surface area contributed by atoms with Crippen LogP contribution in [0.2, 0.25) is 0 Å². The molecule has 0 radical (unpaired) electrons. The molecule has 0 spiro atoms. The Morgan fingerprint density at radius 2 is 2.21 bits per heavy atom. The normalized spacial score (nSPS) is 12.7. The summed E-state index contributed by atoms with van der Waals surface area (Å²) in [6.07, 6.45) is 9.49. The number of terminal acetylenes is 1. The highest BCUT2D eigenvalue weighted by molar-refractivity contribution is 6.06. The number of hydrogen-bond acceptors (Lipinski definition) is 4. The van der Waals surface area contributed by atoms with Gasteiger partial charge in [-0.05, 0) is 18.2 Å². The fraction of sp³-hybridized carbons (Fsp3) is 0.143. The molecule has 0 atom stereocenters. The number of aromatic amines is 1. The van der Waals surface area contributed by atoms with E-state index in [-0.39, 0.29) is 11.7 Å². The number of benzene rings is 1. The number of para-hydroxylation sites is 1. The van der Waals surface area contributed by atoms with E-state index in [2.05, 4.69) is 26.5 Å². The molecule has 0 aliphatic carbocycles. The predicted molar refractivity (Wildman–Crippen MR) is 104 cm³/mol.